The van der Waals surface area contributed by atoms with Crippen molar-refractivity contribution in [2.45, 2.75) is 13.3 Å². The van der Waals surface area contributed by atoms with Crippen LogP contribution in [0.3, 0.4) is 0 Å². The summed E-state index contributed by atoms with van der Waals surface area (Å²) in [5.74, 6) is -0.438. The number of carboxylic acid groups (broad SMARTS) is 1. The van der Waals surface area contributed by atoms with Crippen LogP contribution in [0.4, 0.5) is 4.79 Å². The highest BCUT2D eigenvalue weighted by Gasteiger charge is 2.01. The Hall–Kier alpha value is -1.09. The molecule has 0 aliphatic heterocycles. The number of urea groups is 1. The Balaban J connectivity index is 3.27. The molecule has 9 heteroatoms. The molecule has 0 fully saturated rings. The standard InChI is InChI=1S/C8H15N3O4S2/c1-6(12)11-17-16-5-4-10-8(15)9-3-2-7(13)14/h2-5H2,1H3,(H,11,12)(H,13,14)(H2,9,10,15). The van der Waals surface area contributed by atoms with E-state index in [2.05, 4.69) is 15.4 Å². The predicted molar refractivity (Wildman–Crippen MR) is 67.5 cm³/mol. The maximum atomic E-state index is 11.1. The molecular weight excluding hydrogens is 266 g/mol. The molecule has 0 atom stereocenters. The molecular formula is C8H15N3O4S2. The van der Waals surface area contributed by atoms with E-state index in [1.165, 1.54) is 28.7 Å². The second kappa shape index (κ2) is 10.1. The van der Waals surface area contributed by atoms with Gasteiger partial charge in [0.2, 0.25) is 5.91 Å². The molecule has 0 spiro atoms. The maximum absolute atomic E-state index is 11.1. The van der Waals surface area contributed by atoms with Gasteiger partial charge in [-0.3, -0.25) is 14.3 Å². The first-order valence-corrected chi connectivity index (χ1v) is 7.13. The highest BCUT2D eigenvalue weighted by Crippen LogP contribution is 2.15. The lowest BCUT2D eigenvalue weighted by atomic mass is 10.4. The van der Waals surface area contributed by atoms with E-state index in [1.54, 1.807) is 0 Å². The first kappa shape index (κ1) is 15.9. The highest BCUT2D eigenvalue weighted by atomic mass is 33.1. The Morgan fingerprint density at radius 2 is 1.82 bits per heavy atom. The summed E-state index contributed by atoms with van der Waals surface area (Å²) in [6, 6.07) is -0.392. The minimum absolute atomic E-state index is 0.0967. The van der Waals surface area contributed by atoms with Gasteiger partial charge in [0.15, 0.2) is 0 Å². The Bertz CT molecular complexity index is 275. The van der Waals surface area contributed by atoms with Gasteiger partial charge in [0.05, 0.1) is 6.42 Å². The quantitative estimate of drug-likeness (QED) is 0.287. The first-order valence-electron chi connectivity index (χ1n) is 4.81. The summed E-state index contributed by atoms with van der Waals surface area (Å²) < 4.78 is 2.53. The van der Waals surface area contributed by atoms with Gasteiger partial charge in [-0.25, -0.2) is 4.79 Å². The topological polar surface area (TPSA) is 108 Å². The minimum Gasteiger partial charge on any atom is -0.481 e. The molecule has 0 radical (unpaired) electrons. The summed E-state index contributed by atoms with van der Waals surface area (Å²) in [6.07, 6.45) is -0.0967. The molecule has 0 aromatic heterocycles. The lowest BCUT2D eigenvalue weighted by Crippen LogP contribution is -2.37. The van der Waals surface area contributed by atoms with Gasteiger partial charge in [0.25, 0.3) is 0 Å². The molecule has 17 heavy (non-hydrogen) atoms. The fourth-order valence-corrected chi connectivity index (χ4v) is 2.16. The molecule has 3 amide bonds. The molecule has 0 aromatic rings. The first-order chi connectivity index (χ1) is 8.02. The van der Waals surface area contributed by atoms with Gasteiger partial charge in [-0.2, -0.15) is 0 Å². The zero-order valence-electron chi connectivity index (χ0n) is 9.32. The summed E-state index contributed by atoms with van der Waals surface area (Å²) in [4.78, 5) is 31.7. The van der Waals surface area contributed by atoms with Crippen LogP contribution >= 0.6 is 21.8 Å². The normalized spacial score (nSPS) is 9.47. The number of carbonyl (C=O) groups excluding carboxylic acids is 2. The largest absolute Gasteiger partial charge is 0.481 e. The van der Waals surface area contributed by atoms with Gasteiger partial charge >= 0.3 is 12.0 Å². The Morgan fingerprint density at radius 1 is 1.18 bits per heavy atom. The van der Waals surface area contributed by atoms with Crippen molar-refractivity contribution in [2.75, 3.05) is 18.8 Å². The predicted octanol–water partition coefficient (Wildman–Crippen LogP) is 0.193. The number of aliphatic carboxylic acids is 1. The third kappa shape index (κ3) is 12.8. The summed E-state index contributed by atoms with van der Waals surface area (Å²) in [5.41, 5.74) is 0. The molecule has 0 aliphatic rings. The molecule has 0 aromatic carbocycles. The molecule has 0 unspecified atom stereocenters. The van der Waals surface area contributed by atoms with E-state index < -0.39 is 12.0 Å². The minimum atomic E-state index is -0.951. The average molecular weight is 281 g/mol. The highest BCUT2D eigenvalue weighted by molar-refractivity contribution is 8.76. The summed E-state index contributed by atoms with van der Waals surface area (Å²) in [5, 5.41) is 13.3. The van der Waals surface area contributed by atoms with E-state index in [1.807, 2.05) is 0 Å². The van der Waals surface area contributed by atoms with Crippen molar-refractivity contribution in [3.05, 3.63) is 0 Å². The van der Waals surface area contributed by atoms with Crippen LogP contribution in [0, 0.1) is 0 Å². The SMILES string of the molecule is CC(=O)NSSCCNC(=O)NCCC(=O)O. The number of nitrogens with one attached hydrogen (secondary N) is 3. The summed E-state index contributed by atoms with van der Waals surface area (Å²) >= 11 is 0. The van der Waals surface area contributed by atoms with E-state index in [4.69, 9.17) is 5.11 Å². The lowest BCUT2D eigenvalue weighted by Gasteiger charge is -2.05. The zero-order chi connectivity index (χ0) is 13.1. The van der Waals surface area contributed by atoms with Crippen LogP contribution in [0.15, 0.2) is 0 Å². The number of carbonyl (C=O) groups is 3. The van der Waals surface area contributed by atoms with Gasteiger partial charge in [-0.15, -0.1) is 0 Å². The molecule has 0 rings (SSSR count). The number of rotatable bonds is 8. The van der Waals surface area contributed by atoms with E-state index in [9.17, 15) is 14.4 Å². The summed E-state index contributed by atoms with van der Waals surface area (Å²) in [6.45, 7) is 1.97. The molecule has 7 nitrogen and oxygen atoms in total. The van der Waals surface area contributed by atoms with Crippen LogP contribution in [0.2, 0.25) is 0 Å². The maximum Gasteiger partial charge on any atom is 0.314 e. The number of hydrogen-bond donors (Lipinski definition) is 4. The lowest BCUT2D eigenvalue weighted by molar-refractivity contribution is -0.136. The molecule has 4 N–H and O–H groups in total. The third-order valence-electron chi connectivity index (χ3n) is 1.34. The fraction of sp³-hybridized carbons (Fsp3) is 0.625. The van der Waals surface area contributed by atoms with E-state index in [-0.39, 0.29) is 18.9 Å². The van der Waals surface area contributed by atoms with Crippen molar-refractivity contribution in [3.63, 3.8) is 0 Å². The van der Waals surface area contributed by atoms with Crippen LogP contribution < -0.4 is 15.4 Å². The Morgan fingerprint density at radius 3 is 2.41 bits per heavy atom. The zero-order valence-corrected chi connectivity index (χ0v) is 10.9. The average Bonchev–Trinajstić information content (AvgIpc) is 2.22. The van der Waals surface area contributed by atoms with Crippen LogP contribution in [-0.4, -0.2) is 41.9 Å². The fourth-order valence-electron chi connectivity index (χ4n) is 0.681. The third-order valence-corrected chi connectivity index (χ3v) is 3.30. The van der Waals surface area contributed by atoms with Crippen molar-refractivity contribution in [2.24, 2.45) is 0 Å². The number of carboxylic acids is 1. The number of amides is 3. The number of hydrogen-bond acceptors (Lipinski definition) is 5. The van der Waals surface area contributed by atoms with Crippen LogP contribution in [0.1, 0.15) is 13.3 Å². The summed E-state index contributed by atoms with van der Waals surface area (Å²) in [7, 11) is 2.60. The van der Waals surface area contributed by atoms with Crippen LogP contribution in [0.5, 0.6) is 0 Å². The molecule has 0 bridgehead atoms. The van der Waals surface area contributed by atoms with Crippen molar-refractivity contribution >= 4 is 39.7 Å². The van der Waals surface area contributed by atoms with Crippen LogP contribution in [-0.2, 0) is 9.59 Å². The van der Waals surface area contributed by atoms with Crippen molar-refractivity contribution in [1.82, 2.24) is 15.4 Å². The molecule has 98 valence electrons. The Kier molecular flexibility index (Phi) is 9.44. The van der Waals surface area contributed by atoms with Gasteiger partial charge < -0.3 is 15.7 Å². The smallest absolute Gasteiger partial charge is 0.314 e. The second-order valence-corrected chi connectivity index (χ2v) is 5.11. The van der Waals surface area contributed by atoms with E-state index in [0.717, 1.165) is 0 Å². The molecule has 0 aliphatic carbocycles. The van der Waals surface area contributed by atoms with Gasteiger partial charge in [0, 0.05) is 36.7 Å². The molecule has 0 saturated carbocycles. The van der Waals surface area contributed by atoms with Crippen molar-refractivity contribution < 1.29 is 19.5 Å². The van der Waals surface area contributed by atoms with E-state index >= 15 is 0 Å². The van der Waals surface area contributed by atoms with Crippen LogP contribution in [0.25, 0.3) is 0 Å². The second-order valence-electron chi connectivity index (χ2n) is 2.89. The van der Waals surface area contributed by atoms with Gasteiger partial charge in [-0.05, 0) is 0 Å². The van der Waals surface area contributed by atoms with Gasteiger partial charge in [-0.1, -0.05) is 10.8 Å². The van der Waals surface area contributed by atoms with Crippen molar-refractivity contribution in [1.29, 1.82) is 0 Å². The Labute approximate surface area is 107 Å². The van der Waals surface area contributed by atoms with E-state index in [0.29, 0.717) is 12.3 Å². The van der Waals surface area contributed by atoms with Crippen molar-refractivity contribution in [3.8, 4) is 0 Å². The molecule has 0 heterocycles. The monoisotopic (exact) mass is 281 g/mol. The molecule has 0 saturated heterocycles. The van der Waals surface area contributed by atoms with Gasteiger partial charge in [0.1, 0.15) is 0 Å².